The number of ether oxygens (including phenoxy) is 2. The Balaban J connectivity index is 1.68. The van der Waals surface area contributed by atoms with Crippen molar-refractivity contribution < 1.29 is 14.3 Å². The van der Waals surface area contributed by atoms with E-state index in [4.69, 9.17) is 20.2 Å². The second-order valence-electron chi connectivity index (χ2n) is 7.29. The molecular weight excluding hydrogens is 408 g/mol. The summed E-state index contributed by atoms with van der Waals surface area (Å²) in [6.45, 7) is 0.622. The van der Waals surface area contributed by atoms with Gasteiger partial charge in [-0.1, -0.05) is 12.1 Å². The molecule has 0 saturated carbocycles. The fourth-order valence-corrected chi connectivity index (χ4v) is 3.33. The average Bonchev–Trinajstić information content (AvgIpc) is 3.35. The van der Waals surface area contributed by atoms with Gasteiger partial charge in [0.05, 0.1) is 18.8 Å². The predicted molar refractivity (Wildman–Crippen MR) is 122 cm³/mol. The number of nitrogens with zero attached hydrogens (tertiary/aromatic N) is 4. The Bertz CT molecular complexity index is 1230. The van der Waals surface area contributed by atoms with Crippen molar-refractivity contribution in [2.24, 2.45) is 5.73 Å². The van der Waals surface area contributed by atoms with E-state index in [0.29, 0.717) is 29.7 Å². The quantitative estimate of drug-likeness (QED) is 0.417. The summed E-state index contributed by atoms with van der Waals surface area (Å²) >= 11 is 0. The summed E-state index contributed by atoms with van der Waals surface area (Å²) in [5.41, 5.74) is 8.07. The molecule has 0 aliphatic heterocycles. The normalized spacial score (nSPS) is 10.8. The van der Waals surface area contributed by atoms with Gasteiger partial charge in [-0.05, 0) is 29.8 Å². The lowest BCUT2D eigenvalue weighted by Crippen LogP contribution is -2.25. The van der Waals surface area contributed by atoms with Crippen molar-refractivity contribution in [1.29, 1.82) is 0 Å². The molecule has 0 fully saturated rings. The van der Waals surface area contributed by atoms with Gasteiger partial charge in [0.15, 0.2) is 5.82 Å². The van der Waals surface area contributed by atoms with Crippen LogP contribution in [-0.2, 0) is 11.4 Å². The molecule has 2 aromatic heterocycles. The highest BCUT2D eigenvalue weighted by Gasteiger charge is 2.14. The van der Waals surface area contributed by atoms with Crippen LogP contribution >= 0.6 is 0 Å². The van der Waals surface area contributed by atoms with Crippen LogP contribution in [0.4, 0.5) is 5.82 Å². The van der Waals surface area contributed by atoms with Gasteiger partial charge in [0, 0.05) is 43.2 Å². The van der Waals surface area contributed by atoms with Gasteiger partial charge in [0.1, 0.15) is 23.9 Å². The highest BCUT2D eigenvalue weighted by atomic mass is 16.5. The number of primary amides is 1. The van der Waals surface area contributed by atoms with E-state index < -0.39 is 0 Å². The number of nitrogens with one attached hydrogen (secondary N) is 1. The maximum atomic E-state index is 11.3. The first-order valence-electron chi connectivity index (χ1n) is 10.1. The number of hydrogen-bond donors (Lipinski definition) is 2. The van der Waals surface area contributed by atoms with Crippen LogP contribution in [-0.4, -0.2) is 46.8 Å². The van der Waals surface area contributed by atoms with Crippen LogP contribution in [0.25, 0.3) is 22.0 Å². The summed E-state index contributed by atoms with van der Waals surface area (Å²) in [5, 5.41) is 7.71. The number of carbonyl (C=O) groups is 1. The number of methoxy groups -OCH3 is 1. The number of hydrogen-bond acceptors (Lipinski definition) is 7. The highest BCUT2D eigenvalue weighted by Crippen LogP contribution is 2.29. The molecule has 9 nitrogen and oxygen atoms in total. The lowest BCUT2D eigenvalue weighted by atomic mass is 10.1. The Hall–Kier alpha value is -4.14. The van der Waals surface area contributed by atoms with E-state index in [2.05, 4.69) is 15.2 Å². The number of rotatable bonds is 9. The number of anilines is 1. The van der Waals surface area contributed by atoms with E-state index in [1.165, 1.54) is 0 Å². The number of amides is 1. The fourth-order valence-electron chi connectivity index (χ4n) is 3.33. The highest BCUT2D eigenvalue weighted by molar-refractivity contribution is 5.93. The van der Waals surface area contributed by atoms with Crippen LogP contribution in [0, 0.1) is 0 Å². The molecule has 164 valence electrons. The second-order valence-corrected chi connectivity index (χ2v) is 7.29. The summed E-state index contributed by atoms with van der Waals surface area (Å²) < 4.78 is 11.1. The van der Waals surface area contributed by atoms with Gasteiger partial charge in [-0.3, -0.25) is 9.89 Å². The Labute approximate surface area is 185 Å². The molecule has 32 heavy (non-hydrogen) atoms. The summed E-state index contributed by atoms with van der Waals surface area (Å²) in [6, 6.07) is 13.3. The molecule has 4 aromatic rings. The molecule has 0 spiro atoms. The Kier molecular flexibility index (Phi) is 6.16. The first-order chi connectivity index (χ1) is 15.5. The number of benzene rings is 2. The van der Waals surface area contributed by atoms with Gasteiger partial charge in [-0.25, -0.2) is 9.97 Å². The first kappa shape index (κ1) is 21.1. The second kappa shape index (κ2) is 9.34. The van der Waals surface area contributed by atoms with Crippen LogP contribution < -0.4 is 20.1 Å². The molecule has 0 aliphatic rings. The summed E-state index contributed by atoms with van der Waals surface area (Å²) in [5.74, 6) is 2.23. The monoisotopic (exact) mass is 432 g/mol. The smallest absolute Gasteiger partial charge is 0.219 e. The number of carbonyl (C=O) groups excluding carboxylic acids is 1. The van der Waals surface area contributed by atoms with E-state index in [-0.39, 0.29) is 18.9 Å². The SMILES string of the molecule is COc1cccc(OCc2nc(N(C)CCC(N)=O)c3cc(-c4cn[nH]c4)ccc3n2)c1. The fraction of sp³-hybridized carbons (Fsp3) is 0.217. The van der Waals surface area contributed by atoms with Crippen molar-refractivity contribution in [2.45, 2.75) is 13.0 Å². The van der Waals surface area contributed by atoms with Gasteiger partial charge in [-0.15, -0.1) is 0 Å². The first-order valence-corrected chi connectivity index (χ1v) is 10.1. The van der Waals surface area contributed by atoms with Gasteiger partial charge >= 0.3 is 0 Å². The predicted octanol–water partition coefficient (Wildman–Crippen LogP) is 2.92. The summed E-state index contributed by atoms with van der Waals surface area (Å²) in [4.78, 5) is 22.6. The Morgan fingerprint density at radius 3 is 2.72 bits per heavy atom. The lowest BCUT2D eigenvalue weighted by molar-refractivity contribution is -0.117. The number of nitrogens with two attached hydrogens (primary N) is 1. The third-order valence-corrected chi connectivity index (χ3v) is 5.02. The summed E-state index contributed by atoms with van der Waals surface area (Å²) in [6.07, 6.45) is 3.81. The van der Waals surface area contributed by atoms with E-state index in [9.17, 15) is 4.79 Å². The van der Waals surface area contributed by atoms with Gasteiger partial charge < -0.3 is 20.1 Å². The molecule has 1 amide bonds. The molecule has 2 heterocycles. The molecule has 0 unspecified atom stereocenters. The number of aromatic amines is 1. The molecule has 0 aliphatic carbocycles. The largest absolute Gasteiger partial charge is 0.497 e. The number of aromatic nitrogens is 4. The topological polar surface area (TPSA) is 119 Å². The van der Waals surface area contributed by atoms with E-state index in [1.807, 2.05) is 54.5 Å². The van der Waals surface area contributed by atoms with Crippen molar-refractivity contribution in [1.82, 2.24) is 20.2 Å². The van der Waals surface area contributed by atoms with E-state index in [0.717, 1.165) is 22.0 Å². The van der Waals surface area contributed by atoms with E-state index >= 15 is 0 Å². The third-order valence-electron chi connectivity index (χ3n) is 5.02. The zero-order chi connectivity index (χ0) is 22.5. The van der Waals surface area contributed by atoms with Crippen molar-refractivity contribution in [2.75, 3.05) is 25.6 Å². The minimum atomic E-state index is -0.365. The van der Waals surface area contributed by atoms with Crippen LogP contribution in [0.3, 0.4) is 0 Å². The van der Waals surface area contributed by atoms with Crippen molar-refractivity contribution in [3.63, 3.8) is 0 Å². The molecule has 4 rings (SSSR count). The average molecular weight is 432 g/mol. The molecule has 2 aromatic carbocycles. The molecule has 9 heteroatoms. The van der Waals surface area contributed by atoms with Crippen LogP contribution in [0.1, 0.15) is 12.2 Å². The summed E-state index contributed by atoms with van der Waals surface area (Å²) in [7, 11) is 3.49. The lowest BCUT2D eigenvalue weighted by Gasteiger charge is -2.20. The number of fused-ring (bicyclic) bond motifs is 1. The molecule has 0 atom stereocenters. The van der Waals surface area contributed by atoms with Crippen molar-refractivity contribution in [3.05, 3.63) is 60.7 Å². The van der Waals surface area contributed by atoms with Crippen molar-refractivity contribution in [3.8, 4) is 22.6 Å². The minimum Gasteiger partial charge on any atom is -0.497 e. The van der Waals surface area contributed by atoms with Gasteiger partial charge in [-0.2, -0.15) is 5.10 Å². The van der Waals surface area contributed by atoms with Gasteiger partial charge in [0.2, 0.25) is 5.91 Å². The van der Waals surface area contributed by atoms with Crippen LogP contribution in [0.5, 0.6) is 11.5 Å². The molecule has 0 saturated heterocycles. The maximum absolute atomic E-state index is 11.3. The molecule has 3 N–H and O–H groups in total. The van der Waals surface area contributed by atoms with Gasteiger partial charge in [0.25, 0.3) is 0 Å². The number of H-pyrrole nitrogens is 1. The Morgan fingerprint density at radius 1 is 1.12 bits per heavy atom. The molecule has 0 bridgehead atoms. The Morgan fingerprint density at radius 2 is 1.97 bits per heavy atom. The minimum absolute atomic E-state index is 0.184. The van der Waals surface area contributed by atoms with Crippen molar-refractivity contribution >= 4 is 22.6 Å². The molecule has 0 radical (unpaired) electrons. The van der Waals surface area contributed by atoms with Crippen LogP contribution in [0.2, 0.25) is 0 Å². The van der Waals surface area contributed by atoms with E-state index in [1.54, 1.807) is 19.4 Å². The third kappa shape index (κ3) is 4.77. The zero-order valence-electron chi connectivity index (χ0n) is 17.9. The maximum Gasteiger partial charge on any atom is 0.219 e. The standard InChI is InChI=1S/C23H24N6O3/c1-29(9-8-21(24)30)23-19-10-15(16-12-25-26-13-16)6-7-20(19)27-22(28-23)14-32-18-5-3-4-17(11-18)31-2/h3-7,10-13H,8-9,14H2,1-2H3,(H2,24,30)(H,25,26). The zero-order valence-corrected chi connectivity index (χ0v) is 17.9. The van der Waals surface area contributed by atoms with Crippen LogP contribution in [0.15, 0.2) is 54.9 Å². The molecular formula is C23H24N6O3.